The molecule has 5 fully saturated rings. The Bertz CT molecular complexity index is 1930. The van der Waals surface area contributed by atoms with E-state index in [2.05, 4.69) is 62.0 Å². The highest BCUT2D eigenvalue weighted by Crippen LogP contribution is 2.77. The van der Waals surface area contributed by atoms with E-state index in [0.29, 0.717) is 42.0 Å². The van der Waals surface area contributed by atoms with Gasteiger partial charge in [-0.1, -0.05) is 59.2 Å². The number of allylic oxidation sites excluding steroid dienone is 1. The maximum absolute atomic E-state index is 14.7. The van der Waals surface area contributed by atoms with Crippen molar-refractivity contribution in [2.24, 2.45) is 56.7 Å². The van der Waals surface area contributed by atoms with E-state index in [9.17, 15) is 19.5 Å². The van der Waals surface area contributed by atoms with Gasteiger partial charge in [0.25, 0.3) is 5.91 Å². The third-order valence-electron chi connectivity index (χ3n) is 17.1. The molecular formula is C47H62N4O5. The lowest BCUT2D eigenvalue weighted by Crippen LogP contribution is -2.67. The lowest BCUT2D eigenvalue weighted by Gasteiger charge is -2.72. The van der Waals surface area contributed by atoms with E-state index in [-0.39, 0.29) is 63.5 Å². The molecule has 0 saturated heterocycles. The van der Waals surface area contributed by atoms with E-state index in [0.717, 1.165) is 62.5 Å². The average Bonchev–Trinajstić information content (AvgIpc) is 3.57. The molecular weight excluding hydrogens is 701 g/mol. The Balaban J connectivity index is 1.07. The molecule has 0 radical (unpaired) electrons. The fourth-order valence-corrected chi connectivity index (χ4v) is 14.0. The molecule has 1 heterocycles. The molecule has 56 heavy (non-hydrogen) atoms. The molecule has 2 aromatic rings. The normalized spacial score (nSPS) is 37.1. The summed E-state index contributed by atoms with van der Waals surface area (Å²) in [4.78, 5) is 46.8. The number of aliphatic hydroxyl groups excluding tert-OH is 1. The van der Waals surface area contributed by atoms with Crippen LogP contribution in [-0.2, 0) is 17.8 Å². The van der Waals surface area contributed by atoms with Gasteiger partial charge in [0, 0.05) is 18.3 Å². The van der Waals surface area contributed by atoms with Crippen LogP contribution in [0.15, 0.2) is 54.4 Å². The Morgan fingerprint density at radius 3 is 2.39 bits per heavy atom. The first kappa shape index (κ1) is 40.2. The van der Waals surface area contributed by atoms with Crippen molar-refractivity contribution in [1.29, 1.82) is 0 Å². The maximum atomic E-state index is 14.7. The Hall–Kier alpha value is -4.03. The Morgan fingerprint density at radius 1 is 0.893 bits per heavy atom. The number of carbonyl (C=O) groups excluding carboxylic acids is 2. The zero-order chi connectivity index (χ0) is 40.3. The molecule has 5 aliphatic rings. The van der Waals surface area contributed by atoms with Crippen molar-refractivity contribution >= 4 is 17.8 Å². The van der Waals surface area contributed by atoms with Crippen LogP contribution in [0.25, 0.3) is 4.85 Å². The van der Waals surface area contributed by atoms with Crippen molar-refractivity contribution < 1.29 is 24.6 Å². The number of nitrogens with one attached hydrogen (secondary N) is 2. The predicted octanol–water partition coefficient (Wildman–Crippen LogP) is 8.63. The van der Waals surface area contributed by atoms with Gasteiger partial charge in [0.05, 0.1) is 35.9 Å². The zero-order valence-electron chi connectivity index (χ0n) is 34.3. The van der Waals surface area contributed by atoms with Crippen molar-refractivity contribution in [3.8, 4) is 0 Å². The topological polar surface area (TPSA) is 133 Å². The first-order valence-corrected chi connectivity index (χ1v) is 21.1. The Morgan fingerprint density at radius 2 is 1.68 bits per heavy atom. The molecule has 9 nitrogen and oxygen atoms in total. The van der Waals surface area contributed by atoms with Gasteiger partial charge in [0.15, 0.2) is 6.20 Å². The molecule has 0 bridgehead atoms. The van der Waals surface area contributed by atoms with Gasteiger partial charge in [-0.3, -0.25) is 14.6 Å². The molecule has 0 aliphatic heterocycles. The molecule has 4 N–H and O–H groups in total. The van der Waals surface area contributed by atoms with Gasteiger partial charge in [-0.2, -0.15) is 0 Å². The van der Waals surface area contributed by atoms with Gasteiger partial charge < -0.3 is 20.8 Å². The molecule has 300 valence electrons. The van der Waals surface area contributed by atoms with E-state index >= 15 is 0 Å². The number of aromatic nitrogens is 1. The van der Waals surface area contributed by atoms with E-state index in [4.69, 9.17) is 11.7 Å². The molecule has 0 spiro atoms. The number of amides is 2. The summed E-state index contributed by atoms with van der Waals surface area (Å²) >= 11 is 0. The summed E-state index contributed by atoms with van der Waals surface area (Å²) in [5.41, 5.74) is 3.12. The van der Waals surface area contributed by atoms with Crippen LogP contribution in [0, 0.1) is 63.2 Å². The number of nitrogens with zero attached hydrogens (tertiary/aromatic N) is 2. The van der Waals surface area contributed by atoms with Crippen LogP contribution >= 0.6 is 0 Å². The van der Waals surface area contributed by atoms with Crippen LogP contribution < -0.4 is 10.6 Å². The minimum Gasteiger partial charge on any atom is -0.478 e. The number of rotatable bonds is 9. The highest BCUT2D eigenvalue weighted by molar-refractivity contribution is 5.94. The van der Waals surface area contributed by atoms with Crippen LogP contribution in [0.4, 0.5) is 0 Å². The van der Waals surface area contributed by atoms with Gasteiger partial charge >= 0.3 is 5.97 Å². The summed E-state index contributed by atoms with van der Waals surface area (Å²) in [5, 5.41) is 26.5. The number of carboxylic acid groups (broad SMARTS) is 1. The third-order valence-corrected chi connectivity index (χ3v) is 17.1. The lowest BCUT2D eigenvalue weighted by atomic mass is 9.32. The number of hydrogen-bond donors (Lipinski definition) is 4. The largest absolute Gasteiger partial charge is 0.478 e. The molecule has 2 amide bonds. The Labute approximate surface area is 333 Å². The minimum absolute atomic E-state index is 0.0819. The summed E-state index contributed by atoms with van der Waals surface area (Å²) in [5.74, 6) is 0.756. The van der Waals surface area contributed by atoms with Crippen molar-refractivity contribution in [1.82, 2.24) is 15.6 Å². The number of aliphatic hydroxyl groups is 1. The summed E-state index contributed by atoms with van der Waals surface area (Å²) in [6.45, 7) is 22.8. The summed E-state index contributed by atoms with van der Waals surface area (Å²) < 4.78 is 0. The first-order valence-electron chi connectivity index (χ1n) is 21.1. The van der Waals surface area contributed by atoms with E-state index in [1.165, 1.54) is 25.1 Å². The van der Waals surface area contributed by atoms with Crippen LogP contribution in [0.5, 0.6) is 0 Å². The number of benzene rings is 1. The number of carboxylic acids is 1. The maximum Gasteiger partial charge on any atom is 0.337 e. The molecule has 7 rings (SSSR count). The fraction of sp³-hybridized carbons (Fsp3) is 0.638. The average molecular weight is 763 g/mol. The predicted molar refractivity (Wildman–Crippen MR) is 216 cm³/mol. The smallest absolute Gasteiger partial charge is 0.337 e. The molecule has 9 heteroatoms. The monoisotopic (exact) mass is 762 g/mol. The van der Waals surface area contributed by atoms with Crippen LogP contribution in [0.3, 0.4) is 0 Å². The molecule has 10 atom stereocenters. The van der Waals surface area contributed by atoms with Crippen molar-refractivity contribution in [3.05, 3.63) is 88.2 Å². The highest BCUT2D eigenvalue weighted by atomic mass is 16.4. The number of aromatic carboxylic acids is 1. The number of hydrogen-bond acceptors (Lipinski definition) is 5. The third kappa shape index (κ3) is 6.39. The molecule has 1 aromatic carbocycles. The quantitative estimate of drug-likeness (QED) is 0.189. The second kappa shape index (κ2) is 14.7. The van der Waals surface area contributed by atoms with Gasteiger partial charge in [0.2, 0.25) is 5.91 Å². The highest BCUT2D eigenvalue weighted by Gasteiger charge is 2.71. The van der Waals surface area contributed by atoms with Crippen molar-refractivity contribution in [3.63, 3.8) is 0 Å². The zero-order valence-corrected chi connectivity index (χ0v) is 34.3. The first-order chi connectivity index (χ1) is 26.5. The van der Waals surface area contributed by atoms with Crippen molar-refractivity contribution in [2.75, 3.05) is 6.54 Å². The van der Waals surface area contributed by atoms with Gasteiger partial charge in [0.1, 0.15) is 0 Å². The van der Waals surface area contributed by atoms with Gasteiger partial charge in [-0.15, -0.1) is 0 Å². The second-order valence-corrected chi connectivity index (χ2v) is 19.6. The summed E-state index contributed by atoms with van der Waals surface area (Å²) in [6.07, 6.45) is 13.6. The summed E-state index contributed by atoms with van der Waals surface area (Å²) in [6, 6.07) is 10.5. The molecule has 5 unspecified atom stereocenters. The molecule has 1 aromatic heterocycles. The summed E-state index contributed by atoms with van der Waals surface area (Å²) in [7, 11) is 0. The number of carbonyl (C=O) groups is 3. The van der Waals surface area contributed by atoms with E-state index in [1.807, 2.05) is 18.2 Å². The molecule has 5 saturated carbocycles. The van der Waals surface area contributed by atoms with Gasteiger partial charge in [-0.05, 0) is 152 Å². The minimum atomic E-state index is -1.05. The van der Waals surface area contributed by atoms with Gasteiger partial charge in [-0.25, -0.2) is 9.64 Å². The fourth-order valence-electron chi connectivity index (χ4n) is 14.0. The Kier molecular flexibility index (Phi) is 10.6. The SMILES string of the molecule is [C-]#[N+]/C=C(\C)C1CC[C@]2(C(=O)NCCc3cccc(C(=O)NCc4ccc(C(=O)O)cn4)c3)CC[C@]3(C)C(CCC4[C@@]5(C)CC[C@H](O)C(C)(C)C5CC[C@]43C)C12. The lowest BCUT2D eigenvalue weighted by molar-refractivity contribution is -0.246. The van der Waals surface area contributed by atoms with Crippen LogP contribution in [0.1, 0.15) is 138 Å². The number of fused-ring (bicyclic) bond motifs is 7. The number of pyridine rings is 1. The van der Waals surface area contributed by atoms with Crippen LogP contribution in [0.2, 0.25) is 0 Å². The second-order valence-electron chi connectivity index (χ2n) is 19.6. The van der Waals surface area contributed by atoms with E-state index in [1.54, 1.807) is 18.3 Å². The molecule has 5 aliphatic carbocycles. The van der Waals surface area contributed by atoms with E-state index < -0.39 is 11.4 Å². The van der Waals surface area contributed by atoms with Crippen LogP contribution in [-0.4, -0.2) is 45.6 Å². The standard InChI is InChI=1S/C47H62N4O5/c1-29(26-48-7)34-15-21-47(42(56)49-24-18-30-9-8-10-31(25-30)40(53)51-28-33-12-11-32(27-50-33)41(54)55)23-22-45(5)35(39(34)47)13-14-37-44(4)19-17-38(52)43(2,3)36(44)16-20-46(37,45)6/h8-12,25-27,34-39,52H,13-24,28H2,1-6H3,(H,49,56)(H,51,53)(H,54,55)/b29-26+/t34?,35?,36?,37?,38-,39?,44-,45+,46+,47-/m0/s1. The van der Waals surface area contributed by atoms with Crippen molar-refractivity contribution in [2.45, 2.75) is 125 Å².